The molecule has 5 nitrogen and oxygen atoms in total. The summed E-state index contributed by atoms with van der Waals surface area (Å²) in [5.41, 5.74) is 0. The maximum absolute atomic E-state index is 12.1. The van der Waals surface area contributed by atoms with Crippen LogP contribution in [0.4, 0.5) is 0 Å². The highest BCUT2D eigenvalue weighted by Gasteiger charge is 2.24. The summed E-state index contributed by atoms with van der Waals surface area (Å²) in [5, 5.41) is 2.66. The van der Waals surface area contributed by atoms with Crippen LogP contribution in [0.15, 0.2) is 16.3 Å². The van der Waals surface area contributed by atoms with Crippen LogP contribution in [-0.2, 0) is 14.8 Å². The topological polar surface area (TPSA) is 66.5 Å². The molecule has 0 aliphatic heterocycles. The molecule has 18 heavy (non-hydrogen) atoms. The van der Waals surface area contributed by atoms with Gasteiger partial charge >= 0.3 is 0 Å². The van der Waals surface area contributed by atoms with E-state index < -0.39 is 10.0 Å². The molecule has 102 valence electrons. The lowest BCUT2D eigenvalue weighted by Gasteiger charge is -2.16. The van der Waals surface area contributed by atoms with Crippen LogP contribution in [0.1, 0.15) is 18.7 Å². The van der Waals surface area contributed by atoms with Crippen molar-refractivity contribution in [1.82, 2.24) is 9.62 Å². The number of amides is 1. The minimum atomic E-state index is -3.56. The van der Waals surface area contributed by atoms with E-state index >= 15 is 0 Å². The number of nitrogens with zero attached hydrogens (tertiary/aromatic N) is 1. The zero-order chi connectivity index (χ0) is 13.9. The number of nitrogens with one attached hydrogen (secondary N) is 1. The summed E-state index contributed by atoms with van der Waals surface area (Å²) in [6.45, 7) is 5.33. The number of likely N-dealkylation sites (N-methyl/N-ethyl adjacent to an activating group) is 1. The molecular weight excluding hydrogens is 272 g/mol. The normalized spacial score (nSPS) is 12.1. The molecule has 7 heteroatoms. The Morgan fingerprint density at radius 1 is 1.44 bits per heavy atom. The Morgan fingerprint density at radius 2 is 2.06 bits per heavy atom. The molecule has 0 saturated carbocycles. The van der Waals surface area contributed by atoms with Gasteiger partial charge in [-0.3, -0.25) is 4.79 Å². The number of carbonyl (C=O) groups is 1. The molecule has 0 saturated heterocycles. The molecule has 1 amide bonds. The molecule has 1 aromatic rings. The molecule has 0 aliphatic rings. The van der Waals surface area contributed by atoms with Gasteiger partial charge in [0.05, 0.1) is 6.54 Å². The van der Waals surface area contributed by atoms with E-state index in [2.05, 4.69) is 5.32 Å². The summed E-state index contributed by atoms with van der Waals surface area (Å²) < 4.78 is 25.6. The van der Waals surface area contributed by atoms with E-state index in [1.807, 2.05) is 20.8 Å². The zero-order valence-electron chi connectivity index (χ0n) is 10.9. The monoisotopic (exact) mass is 290 g/mol. The smallest absolute Gasteiger partial charge is 0.252 e. The van der Waals surface area contributed by atoms with Crippen LogP contribution in [0.2, 0.25) is 0 Å². The maximum atomic E-state index is 12.1. The van der Waals surface area contributed by atoms with E-state index in [1.54, 1.807) is 12.1 Å². The van der Waals surface area contributed by atoms with Crippen molar-refractivity contribution in [3.8, 4) is 0 Å². The van der Waals surface area contributed by atoms with E-state index in [0.29, 0.717) is 0 Å². The average molecular weight is 290 g/mol. The van der Waals surface area contributed by atoms with Crippen LogP contribution in [-0.4, -0.2) is 38.3 Å². The van der Waals surface area contributed by atoms with E-state index in [0.717, 1.165) is 9.18 Å². The highest BCUT2D eigenvalue weighted by molar-refractivity contribution is 7.91. The van der Waals surface area contributed by atoms with Gasteiger partial charge in [-0.2, -0.15) is 4.31 Å². The van der Waals surface area contributed by atoms with Gasteiger partial charge in [0, 0.05) is 18.0 Å². The molecule has 0 bridgehead atoms. The fraction of sp³-hybridized carbons (Fsp3) is 0.545. The largest absolute Gasteiger partial charge is 0.353 e. The van der Waals surface area contributed by atoms with Gasteiger partial charge in [-0.05, 0) is 32.9 Å². The molecule has 0 unspecified atom stereocenters. The second-order valence-corrected chi connectivity index (χ2v) is 7.91. The lowest BCUT2D eigenvalue weighted by atomic mass is 10.4. The van der Waals surface area contributed by atoms with E-state index in [1.165, 1.54) is 18.4 Å². The quantitative estimate of drug-likeness (QED) is 0.886. The molecule has 0 radical (unpaired) electrons. The first kappa shape index (κ1) is 15.1. The SMILES string of the molecule is Cc1ccc(S(=O)(=O)N(C)CC(=O)NC(C)C)s1. The molecular formula is C11H18N2O3S2. The van der Waals surface area contributed by atoms with E-state index in [-0.39, 0.29) is 22.7 Å². The number of rotatable bonds is 5. The molecule has 0 atom stereocenters. The summed E-state index contributed by atoms with van der Waals surface area (Å²) in [7, 11) is -2.15. The van der Waals surface area contributed by atoms with Crippen molar-refractivity contribution in [2.45, 2.75) is 31.0 Å². The average Bonchev–Trinajstić information content (AvgIpc) is 2.63. The fourth-order valence-electron chi connectivity index (χ4n) is 1.36. The van der Waals surface area contributed by atoms with Gasteiger partial charge in [0.15, 0.2) is 0 Å². The predicted octanol–water partition coefficient (Wildman–Crippen LogP) is 1.20. The standard InChI is InChI=1S/C11H18N2O3S2/c1-8(2)12-10(14)7-13(4)18(15,16)11-6-5-9(3)17-11/h5-6,8H,7H2,1-4H3,(H,12,14). The van der Waals surface area contributed by atoms with Crippen molar-refractivity contribution in [2.24, 2.45) is 0 Å². The van der Waals surface area contributed by atoms with Crippen LogP contribution in [0.5, 0.6) is 0 Å². The van der Waals surface area contributed by atoms with E-state index in [4.69, 9.17) is 0 Å². The first-order valence-electron chi connectivity index (χ1n) is 5.55. The summed E-state index contributed by atoms with van der Waals surface area (Å²) >= 11 is 1.20. The van der Waals surface area contributed by atoms with Gasteiger partial charge in [0.25, 0.3) is 10.0 Å². The van der Waals surface area contributed by atoms with Crippen LogP contribution in [0.3, 0.4) is 0 Å². The summed E-state index contributed by atoms with van der Waals surface area (Å²) in [4.78, 5) is 12.5. The Balaban J connectivity index is 2.77. The van der Waals surface area contributed by atoms with Gasteiger partial charge in [-0.1, -0.05) is 0 Å². The second kappa shape index (κ2) is 5.81. The van der Waals surface area contributed by atoms with Crippen molar-refractivity contribution in [3.05, 3.63) is 17.0 Å². The number of sulfonamides is 1. The van der Waals surface area contributed by atoms with Crippen molar-refractivity contribution in [1.29, 1.82) is 0 Å². The first-order chi connectivity index (χ1) is 8.23. The number of carbonyl (C=O) groups excluding carboxylic acids is 1. The Hall–Kier alpha value is -0.920. The van der Waals surface area contributed by atoms with Gasteiger partial charge < -0.3 is 5.32 Å². The second-order valence-electron chi connectivity index (χ2n) is 4.35. The Kier molecular flexibility index (Phi) is 4.89. The van der Waals surface area contributed by atoms with Gasteiger partial charge in [0.2, 0.25) is 5.91 Å². The summed E-state index contributed by atoms with van der Waals surface area (Å²) in [6, 6.07) is 3.31. The Labute approximate surface area is 112 Å². The number of aryl methyl sites for hydroxylation is 1. The Bertz CT molecular complexity index is 520. The third-order valence-corrected chi connectivity index (χ3v) is 5.47. The zero-order valence-corrected chi connectivity index (χ0v) is 12.6. The lowest BCUT2D eigenvalue weighted by molar-refractivity contribution is -0.121. The first-order valence-corrected chi connectivity index (χ1v) is 7.81. The third-order valence-electron chi connectivity index (χ3n) is 2.20. The Morgan fingerprint density at radius 3 is 2.50 bits per heavy atom. The van der Waals surface area contributed by atoms with Gasteiger partial charge in [0.1, 0.15) is 4.21 Å². The number of hydrogen-bond donors (Lipinski definition) is 1. The third kappa shape index (κ3) is 3.79. The molecule has 0 fully saturated rings. The highest BCUT2D eigenvalue weighted by Crippen LogP contribution is 2.23. The summed E-state index contributed by atoms with van der Waals surface area (Å²) in [6.07, 6.45) is 0. The minimum absolute atomic E-state index is 0.00223. The van der Waals surface area contributed by atoms with Crippen molar-refractivity contribution in [2.75, 3.05) is 13.6 Å². The minimum Gasteiger partial charge on any atom is -0.353 e. The highest BCUT2D eigenvalue weighted by atomic mass is 32.2. The molecule has 0 aliphatic carbocycles. The number of hydrogen-bond acceptors (Lipinski definition) is 4. The molecule has 1 aromatic heterocycles. The van der Waals surface area contributed by atoms with Crippen LogP contribution in [0.25, 0.3) is 0 Å². The van der Waals surface area contributed by atoms with Crippen LogP contribution >= 0.6 is 11.3 Å². The molecule has 1 N–H and O–H groups in total. The molecule has 1 heterocycles. The molecule has 0 aromatic carbocycles. The van der Waals surface area contributed by atoms with Crippen molar-refractivity contribution < 1.29 is 13.2 Å². The predicted molar refractivity (Wildman–Crippen MR) is 72.2 cm³/mol. The van der Waals surface area contributed by atoms with Gasteiger partial charge in [-0.15, -0.1) is 11.3 Å². The lowest BCUT2D eigenvalue weighted by Crippen LogP contribution is -2.40. The van der Waals surface area contributed by atoms with Crippen LogP contribution in [0, 0.1) is 6.92 Å². The summed E-state index contributed by atoms with van der Waals surface area (Å²) in [5.74, 6) is -0.302. The van der Waals surface area contributed by atoms with Crippen molar-refractivity contribution >= 4 is 27.3 Å². The fourth-order valence-corrected chi connectivity index (χ4v) is 3.98. The van der Waals surface area contributed by atoms with Gasteiger partial charge in [-0.25, -0.2) is 8.42 Å². The molecule has 1 rings (SSSR count). The van der Waals surface area contributed by atoms with E-state index in [9.17, 15) is 13.2 Å². The maximum Gasteiger partial charge on any atom is 0.252 e. The van der Waals surface area contributed by atoms with Crippen LogP contribution < -0.4 is 5.32 Å². The molecule has 0 spiro atoms. The van der Waals surface area contributed by atoms with Crippen molar-refractivity contribution in [3.63, 3.8) is 0 Å². The number of thiophene rings is 1.